The predicted octanol–water partition coefficient (Wildman–Crippen LogP) is 2.86. The van der Waals surface area contributed by atoms with E-state index in [1.807, 2.05) is 0 Å². The summed E-state index contributed by atoms with van der Waals surface area (Å²) >= 11 is 0. The lowest BCUT2D eigenvalue weighted by Crippen LogP contribution is -2.17. The summed E-state index contributed by atoms with van der Waals surface area (Å²) in [5.74, 6) is 0. The van der Waals surface area contributed by atoms with Gasteiger partial charge in [-0.25, -0.2) is 0 Å². The maximum Gasteiger partial charge on any atom is 0.00363 e. The summed E-state index contributed by atoms with van der Waals surface area (Å²) in [5.41, 5.74) is 7.13. The van der Waals surface area contributed by atoms with Gasteiger partial charge < -0.3 is 5.73 Å². The Balaban J connectivity index is 3.20. The molecule has 0 aliphatic carbocycles. The average Bonchev–Trinajstić information content (AvgIpc) is 2.04. The molecule has 11 heavy (non-hydrogen) atoms. The normalized spacial score (nSPS) is 13.0. The Morgan fingerprint density at radius 2 is 2.09 bits per heavy atom. The van der Waals surface area contributed by atoms with Crippen LogP contribution >= 0.6 is 0 Å². The van der Waals surface area contributed by atoms with E-state index in [2.05, 4.69) is 20.4 Å². The van der Waals surface area contributed by atoms with Crippen molar-refractivity contribution in [1.82, 2.24) is 0 Å². The first kappa shape index (κ1) is 10.7. The summed E-state index contributed by atoms with van der Waals surface area (Å²) in [6.45, 7) is 8.25. The molecular weight excluding hydrogens is 134 g/mol. The molecule has 1 unspecified atom stereocenters. The fourth-order valence-corrected chi connectivity index (χ4v) is 0.995. The lowest BCUT2D eigenvalue weighted by Gasteiger charge is -2.08. The topological polar surface area (TPSA) is 26.0 Å². The van der Waals surface area contributed by atoms with E-state index in [1.54, 1.807) is 0 Å². The van der Waals surface area contributed by atoms with Crippen molar-refractivity contribution in [2.75, 3.05) is 0 Å². The molecule has 2 N–H and O–H groups in total. The van der Waals surface area contributed by atoms with Crippen LogP contribution in [-0.2, 0) is 0 Å². The highest BCUT2D eigenvalue weighted by atomic mass is 14.6. The SMILES string of the molecule is C=C(CC)CCCC(N)CC. The van der Waals surface area contributed by atoms with Gasteiger partial charge >= 0.3 is 0 Å². The Bertz CT molecular complexity index is 107. The molecule has 0 saturated heterocycles. The second kappa shape index (κ2) is 6.41. The molecule has 0 amide bonds. The maximum absolute atomic E-state index is 5.77. The highest BCUT2D eigenvalue weighted by molar-refractivity contribution is 4.92. The zero-order valence-electron chi connectivity index (χ0n) is 7.90. The minimum Gasteiger partial charge on any atom is -0.328 e. The van der Waals surface area contributed by atoms with Gasteiger partial charge in [0.1, 0.15) is 0 Å². The van der Waals surface area contributed by atoms with Gasteiger partial charge in [-0.15, -0.1) is 0 Å². The van der Waals surface area contributed by atoms with Crippen LogP contribution in [0.15, 0.2) is 12.2 Å². The Morgan fingerprint density at radius 3 is 2.55 bits per heavy atom. The lowest BCUT2D eigenvalue weighted by atomic mass is 10.0. The van der Waals surface area contributed by atoms with Crippen molar-refractivity contribution < 1.29 is 0 Å². The van der Waals surface area contributed by atoms with E-state index in [0.717, 1.165) is 25.7 Å². The van der Waals surface area contributed by atoms with Gasteiger partial charge in [0.15, 0.2) is 0 Å². The largest absolute Gasteiger partial charge is 0.328 e. The summed E-state index contributed by atoms with van der Waals surface area (Å²) in [4.78, 5) is 0. The molecule has 0 saturated carbocycles. The van der Waals surface area contributed by atoms with Crippen LogP contribution in [0.3, 0.4) is 0 Å². The summed E-state index contributed by atoms with van der Waals surface area (Å²) in [6, 6.07) is 0.402. The lowest BCUT2D eigenvalue weighted by molar-refractivity contribution is 0.565. The van der Waals surface area contributed by atoms with Crippen LogP contribution in [0.2, 0.25) is 0 Å². The van der Waals surface area contributed by atoms with Crippen LogP contribution in [0, 0.1) is 0 Å². The second-order valence-corrected chi connectivity index (χ2v) is 3.16. The van der Waals surface area contributed by atoms with Crippen LogP contribution in [0.1, 0.15) is 46.0 Å². The molecule has 0 fully saturated rings. The Labute approximate surface area is 70.7 Å². The van der Waals surface area contributed by atoms with Crippen molar-refractivity contribution >= 4 is 0 Å². The molecule has 66 valence electrons. The van der Waals surface area contributed by atoms with E-state index in [4.69, 9.17) is 5.73 Å². The third kappa shape index (κ3) is 6.11. The van der Waals surface area contributed by atoms with Crippen molar-refractivity contribution in [3.05, 3.63) is 12.2 Å². The Kier molecular flexibility index (Phi) is 6.24. The van der Waals surface area contributed by atoms with Crippen molar-refractivity contribution in [3.8, 4) is 0 Å². The first-order valence-electron chi connectivity index (χ1n) is 4.62. The third-order valence-corrected chi connectivity index (χ3v) is 2.13. The zero-order valence-corrected chi connectivity index (χ0v) is 7.90. The molecule has 0 aromatic carbocycles. The Hall–Kier alpha value is -0.300. The van der Waals surface area contributed by atoms with E-state index >= 15 is 0 Å². The Morgan fingerprint density at radius 1 is 1.45 bits per heavy atom. The van der Waals surface area contributed by atoms with Crippen molar-refractivity contribution in [2.45, 2.75) is 52.0 Å². The number of nitrogens with two attached hydrogens (primary N) is 1. The van der Waals surface area contributed by atoms with Crippen molar-refractivity contribution in [3.63, 3.8) is 0 Å². The smallest absolute Gasteiger partial charge is 0.00363 e. The first-order valence-corrected chi connectivity index (χ1v) is 4.62. The van der Waals surface area contributed by atoms with E-state index in [0.29, 0.717) is 6.04 Å². The van der Waals surface area contributed by atoms with E-state index in [1.165, 1.54) is 12.0 Å². The van der Waals surface area contributed by atoms with Gasteiger partial charge in [0.2, 0.25) is 0 Å². The van der Waals surface area contributed by atoms with Gasteiger partial charge in [-0.05, 0) is 32.1 Å². The van der Waals surface area contributed by atoms with Gasteiger partial charge in [-0.1, -0.05) is 26.0 Å². The fourth-order valence-electron chi connectivity index (χ4n) is 0.995. The maximum atomic E-state index is 5.77. The van der Waals surface area contributed by atoms with Crippen molar-refractivity contribution in [2.24, 2.45) is 5.73 Å². The molecule has 0 aliphatic rings. The molecule has 0 aromatic heterocycles. The van der Waals surface area contributed by atoms with Crippen LogP contribution in [0.5, 0.6) is 0 Å². The highest BCUT2D eigenvalue weighted by Gasteiger charge is 1.98. The minimum absolute atomic E-state index is 0.402. The third-order valence-electron chi connectivity index (χ3n) is 2.13. The minimum atomic E-state index is 0.402. The molecule has 0 radical (unpaired) electrons. The van der Waals surface area contributed by atoms with E-state index in [9.17, 15) is 0 Å². The number of hydrogen-bond donors (Lipinski definition) is 1. The summed E-state index contributed by atoms with van der Waals surface area (Å²) in [6.07, 6.45) is 5.72. The predicted molar refractivity (Wildman–Crippen MR) is 51.5 cm³/mol. The molecule has 0 rings (SSSR count). The highest BCUT2D eigenvalue weighted by Crippen LogP contribution is 2.10. The van der Waals surface area contributed by atoms with Gasteiger partial charge in [-0.3, -0.25) is 0 Å². The quantitative estimate of drug-likeness (QED) is 0.586. The zero-order chi connectivity index (χ0) is 8.69. The van der Waals surface area contributed by atoms with Gasteiger partial charge in [0, 0.05) is 6.04 Å². The summed E-state index contributed by atoms with van der Waals surface area (Å²) < 4.78 is 0. The second-order valence-electron chi connectivity index (χ2n) is 3.16. The number of rotatable bonds is 6. The van der Waals surface area contributed by atoms with Crippen molar-refractivity contribution in [1.29, 1.82) is 0 Å². The summed E-state index contributed by atoms with van der Waals surface area (Å²) in [7, 11) is 0. The standard InChI is InChI=1S/C10H21N/c1-4-9(3)7-6-8-10(11)5-2/h10H,3-8,11H2,1-2H3. The molecule has 1 heteroatoms. The van der Waals surface area contributed by atoms with Gasteiger partial charge in [0.25, 0.3) is 0 Å². The van der Waals surface area contributed by atoms with Crippen LogP contribution < -0.4 is 5.73 Å². The van der Waals surface area contributed by atoms with Crippen LogP contribution in [0.25, 0.3) is 0 Å². The average molecular weight is 155 g/mol. The van der Waals surface area contributed by atoms with E-state index in [-0.39, 0.29) is 0 Å². The molecule has 0 spiro atoms. The summed E-state index contributed by atoms with van der Waals surface area (Å²) in [5, 5.41) is 0. The van der Waals surface area contributed by atoms with Gasteiger partial charge in [-0.2, -0.15) is 0 Å². The number of hydrogen-bond acceptors (Lipinski definition) is 1. The molecule has 0 heterocycles. The van der Waals surface area contributed by atoms with Gasteiger partial charge in [0.05, 0.1) is 0 Å². The molecule has 1 nitrogen and oxygen atoms in total. The van der Waals surface area contributed by atoms with Crippen LogP contribution in [-0.4, -0.2) is 6.04 Å². The molecule has 0 bridgehead atoms. The van der Waals surface area contributed by atoms with Crippen LogP contribution in [0.4, 0.5) is 0 Å². The number of allylic oxidation sites excluding steroid dienone is 1. The van der Waals surface area contributed by atoms with E-state index < -0.39 is 0 Å². The molecular formula is C10H21N. The fraction of sp³-hybridized carbons (Fsp3) is 0.800. The monoisotopic (exact) mass is 155 g/mol. The molecule has 0 aliphatic heterocycles. The molecule has 1 atom stereocenters. The molecule has 0 aromatic rings. The first-order chi connectivity index (χ1) is 5.20.